The Morgan fingerprint density at radius 1 is 1.11 bits per heavy atom. The van der Waals surface area contributed by atoms with Gasteiger partial charge in [0.05, 0.1) is 7.11 Å². The van der Waals surface area contributed by atoms with Crippen LogP contribution in [0.1, 0.15) is 42.1 Å². The zero-order valence-electron chi connectivity index (χ0n) is 15.7. The normalized spacial score (nSPS) is 11.5. The third kappa shape index (κ3) is 6.66. The van der Waals surface area contributed by atoms with E-state index in [1.165, 1.54) is 0 Å². The SMILES string of the molecule is CCCCC(Cc1cccc(OC)c1)NC(=O)c1ccc(OC(N)=O)cc1. The van der Waals surface area contributed by atoms with Crippen molar-refractivity contribution in [3.05, 3.63) is 59.7 Å². The fourth-order valence-corrected chi connectivity index (χ4v) is 2.82. The van der Waals surface area contributed by atoms with Crippen molar-refractivity contribution >= 4 is 12.0 Å². The van der Waals surface area contributed by atoms with Gasteiger partial charge in [0.25, 0.3) is 5.91 Å². The molecule has 6 nitrogen and oxygen atoms in total. The first-order valence-electron chi connectivity index (χ1n) is 9.03. The van der Waals surface area contributed by atoms with E-state index in [-0.39, 0.29) is 11.9 Å². The van der Waals surface area contributed by atoms with Crippen molar-refractivity contribution in [2.45, 2.75) is 38.6 Å². The van der Waals surface area contributed by atoms with Crippen molar-refractivity contribution in [3.8, 4) is 11.5 Å². The number of amides is 2. The topological polar surface area (TPSA) is 90.7 Å². The van der Waals surface area contributed by atoms with Gasteiger partial charge < -0.3 is 20.5 Å². The fraction of sp³-hybridized carbons (Fsp3) is 0.333. The van der Waals surface area contributed by atoms with Crippen LogP contribution in [-0.2, 0) is 6.42 Å². The number of ether oxygens (including phenoxy) is 2. The minimum Gasteiger partial charge on any atom is -0.497 e. The van der Waals surface area contributed by atoms with E-state index >= 15 is 0 Å². The summed E-state index contributed by atoms with van der Waals surface area (Å²) in [5.74, 6) is 0.945. The lowest BCUT2D eigenvalue weighted by molar-refractivity contribution is 0.0934. The maximum atomic E-state index is 12.6. The summed E-state index contributed by atoms with van der Waals surface area (Å²) >= 11 is 0. The third-order valence-corrected chi connectivity index (χ3v) is 4.19. The summed E-state index contributed by atoms with van der Waals surface area (Å²) in [4.78, 5) is 23.4. The molecular weight excluding hydrogens is 344 g/mol. The van der Waals surface area contributed by atoms with Gasteiger partial charge in [-0.15, -0.1) is 0 Å². The van der Waals surface area contributed by atoms with Crippen LogP contribution in [0.15, 0.2) is 48.5 Å². The molecular formula is C21H26N2O4. The molecule has 0 aromatic heterocycles. The van der Waals surface area contributed by atoms with Crippen LogP contribution < -0.4 is 20.5 Å². The Hall–Kier alpha value is -3.02. The Kier molecular flexibility index (Phi) is 7.67. The smallest absolute Gasteiger partial charge is 0.409 e. The minimum absolute atomic E-state index is 0.0195. The van der Waals surface area contributed by atoms with Gasteiger partial charge in [0.2, 0.25) is 0 Å². The van der Waals surface area contributed by atoms with E-state index in [0.717, 1.165) is 37.0 Å². The lowest BCUT2D eigenvalue weighted by Gasteiger charge is -2.19. The summed E-state index contributed by atoms with van der Waals surface area (Å²) in [5.41, 5.74) is 6.59. The number of carbonyl (C=O) groups excluding carboxylic acids is 2. The summed E-state index contributed by atoms with van der Waals surface area (Å²) in [6.45, 7) is 2.13. The van der Waals surface area contributed by atoms with Gasteiger partial charge in [0.15, 0.2) is 0 Å². The molecule has 0 aliphatic carbocycles. The maximum absolute atomic E-state index is 12.6. The number of unbranched alkanes of at least 4 members (excludes halogenated alkanes) is 1. The highest BCUT2D eigenvalue weighted by Gasteiger charge is 2.15. The number of benzene rings is 2. The van der Waals surface area contributed by atoms with Crippen LogP contribution in [0.2, 0.25) is 0 Å². The predicted molar refractivity (Wildman–Crippen MR) is 104 cm³/mol. The number of hydrogen-bond acceptors (Lipinski definition) is 4. The molecule has 6 heteroatoms. The first kappa shape index (κ1) is 20.3. The molecule has 1 unspecified atom stereocenters. The lowest BCUT2D eigenvalue weighted by atomic mass is 10.00. The number of carbonyl (C=O) groups is 2. The standard InChI is InChI=1S/C21H26N2O4/c1-3-4-7-17(13-15-6-5-8-19(14-15)26-2)23-20(24)16-9-11-18(12-10-16)27-21(22)25/h5-6,8-12,14,17H,3-4,7,13H2,1-2H3,(H2,22,25)(H,23,24). The number of nitrogens with one attached hydrogen (secondary N) is 1. The molecule has 0 bridgehead atoms. The van der Waals surface area contributed by atoms with E-state index in [0.29, 0.717) is 11.3 Å². The first-order valence-corrected chi connectivity index (χ1v) is 9.03. The number of rotatable bonds is 9. The second-order valence-electron chi connectivity index (χ2n) is 6.31. The molecule has 1 atom stereocenters. The second kappa shape index (κ2) is 10.2. The molecule has 2 rings (SSSR count). The molecule has 2 aromatic rings. The van der Waals surface area contributed by atoms with Crippen LogP contribution in [0.5, 0.6) is 11.5 Å². The Labute approximate surface area is 159 Å². The molecule has 2 amide bonds. The van der Waals surface area contributed by atoms with E-state index in [2.05, 4.69) is 12.2 Å². The van der Waals surface area contributed by atoms with Crippen LogP contribution >= 0.6 is 0 Å². The number of nitrogens with two attached hydrogens (primary N) is 1. The van der Waals surface area contributed by atoms with Crippen LogP contribution in [0.4, 0.5) is 4.79 Å². The van der Waals surface area contributed by atoms with Crippen LogP contribution in [0, 0.1) is 0 Å². The van der Waals surface area contributed by atoms with E-state index in [9.17, 15) is 9.59 Å². The molecule has 0 saturated carbocycles. The van der Waals surface area contributed by atoms with Crippen molar-refractivity contribution < 1.29 is 19.1 Å². The zero-order chi connectivity index (χ0) is 19.6. The molecule has 0 saturated heterocycles. The lowest BCUT2D eigenvalue weighted by Crippen LogP contribution is -2.36. The molecule has 27 heavy (non-hydrogen) atoms. The van der Waals surface area contributed by atoms with Crippen molar-refractivity contribution in [1.82, 2.24) is 5.32 Å². The van der Waals surface area contributed by atoms with Gasteiger partial charge in [0.1, 0.15) is 11.5 Å². The van der Waals surface area contributed by atoms with Crippen molar-refractivity contribution in [2.75, 3.05) is 7.11 Å². The van der Waals surface area contributed by atoms with Gasteiger partial charge >= 0.3 is 6.09 Å². The summed E-state index contributed by atoms with van der Waals surface area (Å²) in [5, 5.41) is 3.10. The van der Waals surface area contributed by atoms with Crippen molar-refractivity contribution in [3.63, 3.8) is 0 Å². The Balaban J connectivity index is 2.05. The summed E-state index contributed by atoms with van der Waals surface area (Å²) in [6, 6.07) is 14.2. The van der Waals surface area contributed by atoms with Crippen molar-refractivity contribution in [2.24, 2.45) is 5.73 Å². The molecule has 0 spiro atoms. The molecule has 0 fully saturated rings. The molecule has 0 radical (unpaired) electrons. The molecule has 0 heterocycles. The van der Waals surface area contributed by atoms with Gasteiger partial charge in [-0.1, -0.05) is 31.9 Å². The summed E-state index contributed by atoms with van der Waals surface area (Å²) < 4.78 is 10.1. The number of primary amides is 1. The third-order valence-electron chi connectivity index (χ3n) is 4.19. The monoisotopic (exact) mass is 370 g/mol. The van der Waals surface area contributed by atoms with Gasteiger partial charge in [-0.05, 0) is 54.8 Å². The van der Waals surface area contributed by atoms with Gasteiger partial charge in [-0.3, -0.25) is 4.79 Å². The first-order chi connectivity index (χ1) is 13.0. The second-order valence-corrected chi connectivity index (χ2v) is 6.31. The Bertz CT molecular complexity index is 759. The summed E-state index contributed by atoms with van der Waals surface area (Å²) in [7, 11) is 1.64. The highest BCUT2D eigenvalue weighted by atomic mass is 16.5. The molecule has 0 aliphatic heterocycles. The average molecular weight is 370 g/mol. The Morgan fingerprint density at radius 3 is 2.48 bits per heavy atom. The highest BCUT2D eigenvalue weighted by Crippen LogP contribution is 2.17. The van der Waals surface area contributed by atoms with Crippen molar-refractivity contribution in [1.29, 1.82) is 0 Å². The predicted octanol–water partition coefficient (Wildman–Crippen LogP) is 3.68. The zero-order valence-corrected chi connectivity index (χ0v) is 15.7. The molecule has 2 aromatic carbocycles. The van der Waals surface area contributed by atoms with E-state index in [4.69, 9.17) is 15.2 Å². The van der Waals surface area contributed by atoms with Crippen LogP contribution in [-0.4, -0.2) is 25.2 Å². The number of methoxy groups -OCH3 is 1. The average Bonchev–Trinajstić information content (AvgIpc) is 2.66. The van der Waals surface area contributed by atoms with Gasteiger partial charge in [0, 0.05) is 11.6 Å². The fourth-order valence-electron chi connectivity index (χ4n) is 2.82. The molecule has 144 valence electrons. The largest absolute Gasteiger partial charge is 0.497 e. The quantitative estimate of drug-likeness (QED) is 0.704. The van der Waals surface area contributed by atoms with Crippen LogP contribution in [0.25, 0.3) is 0 Å². The van der Waals surface area contributed by atoms with E-state index in [1.54, 1.807) is 31.4 Å². The van der Waals surface area contributed by atoms with E-state index < -0.39 is 6.09 Å². The Morgan fingerprint density at radius 2 is 1.85 bits per heavy atom. The highest BCUT2D eigenvalue weighted by molar-refractivity contribution is 5.94. The van der Waals surface area contributed by atoms with E-state index in [1.807, 2.05) is 24.3 Å². The summed E-state index contributed by atoms with van der Waals surface area (Å²) in [6.07, 6.45) is 2.82. The molecule has 3 N–H and O–H groups in total. The number of hydrogen-bond donors (Lipinski definition) is 2. The van der Waals surface area contributed by atoms with Gasteiger partial charge in [-0.25, -0.2) is 4.79 Å². The minimum atomic E-state index is -0.884. The molecule has 0 aliphatic rings. The van der Waals surface area contributed by atoms with Gasteiger partial charge in [-0.2, -0.15) is 0 Å². The van der Waals surface area contributed by atoms with Crippen LogP contribution in [0.3, 0.4) is 0 Å². The maximum Gasteiger partial charge on any atom is 0.409 e.